The van der Waals surface area contributed by atoms with Crippen LogP contribution in [-0.2, 0) is 32.0 Å². The van der Waals surface area contributed by atoms with Crippen molar-refractivity contribution in [3.05, 3.63) is 22.1 Å². The lowest BCUT2D eigenvalue weighted by Gasteiger charge is -2.23. The molecule has 0 saturated carbocycles. The summed E-state index contributed by atoms with van der Waals surface area (Å²) in [6, 6.07) is 0. The van der Waals surface area contributed by atoms with Gasteiger partial charge in [-0.05, 0) is 23.7 Å². The van der Waals surface area contributed by atoms with Crippen LogP contribution in [0.1, 0.15) is 13.3 Å². The van der Waals surface area contributed by atoms with E-state index in [1.54, 1.807) is 0 Å². The van der Waals surface area contributed by atoms with E-state index in [2.05, 4.69) is 4.74 Å². The molecule has 1 rings (SSSR count). The Balaban J connectivity index is 3.48. The molecule has 0 amide bonds. The van der Waals surface area contributed by atoms with Crippen LogP contribution < -0.4 is 0 Å². The maximum atomic E-state index is 11.8. The van der Waals surface area contributed by atoms with Crippen molar-refractivity contribution in [1.29, 1.82) is 0 Å². The molecule has 0 saturated heterocycles. The van der Waals surface area contributed by atoms with Gasteiger partial charge < -0.3 is 9.29 Å². The molecule has 2 unspecified atom stereocenters. The molecule has 1 aliphatic rings. The van der Waals surface area contributed by atoms with Crippen LogP contribution in [-0.4, -0.2) is 38.3 Å². The molecule has 7 heteroatoms. The number of carbonyl (C=O) groups excluding carboxylic acids is 1. The average molecular weight is 309 g/mol. The lowest BCUT2D eigenvalue weighted by Crippen LogP contribution is -2.28. The lowest BCUT2D eigenvalue weighted by molar-refractivity contribution is -0.135. The largest absolute Gasteiger partial charge is 0.612 e. The normalized spacial score (nSPS) is 21.5. The predicted molar refractivity (Wildman–Crippen MR) is 74.3 cm³/mol. The molecule has 18 heavy (non-hydrogen) atoms. The lowest BCUT2D eigenvalue weighted by atomic mass is 9.96. The van der Waals surface area contributed by atoms with Crippen molar-refractivity contribution in [2.75, 3.05) is 13.4 Å². The van der Waals surface area contributed by atoms with E-state index in [1.165, 1.54) is 19.4 Å². The van der Waals surface area contributed by atoms with Crippen LogP contribution in [0.15, 0.2) is 22.1 Å². The van der Waals surface area contributed by atoms with Crippen LogP contribution >= 0.6 is 11.6 Å². The highest BCUT2D eigenvalue weighted by Gasteiger charge is 2.35. The van der Waals surface area contributed by atoms with E-state index < -0.39 is 22.5 Å². The van der Waals surface area contributed by atoms with E-state index in [9.17, 15) is 13.6 Å². The van der Waals surface area contributed by atoms with Crippen molar-refractivity contribution < 1.29 is 18.3 Å². The van der Waals surface area contributed by atoms with Gasteiger partial charge in [-0.3, -0.25) is 0 Å². The number of carbonyl (C=O) groups is 1. The monoisotopic (exact) mass is 308 g/mol. The second-order valence-corrected chi connectivity index (χ2v) is 5.95. The summed E-state index contributed by atoms with van der Waals surface area (Å²) >= 11 is 5.02. The Bertz CT molecular complexity index is 475. The fraction of sp³-hybridized carbons (Fsp3) is 0.455. The van der Waals surface area contributed by atoms with Crippen molar-refractivity contribution in [2.24, 2.45) is 0 Å². The Labute approximate surface area is 117 Å². The minimum atomic E-state index is -1.37. The molecule has 0 bridgehead atoms. The zero-order valence-electron chi connectivity index (χ0n) is 10.2. The summed E-state index contributed by atoms with van der Waals surface area (Å²) in [5, 5.41) is -0.621. The molecule has 2 atom stereocenters. The van der Waals surface area contributed by atoms with Gasteiger partial charge >= 0.3 is 5.97 Å². The molecular weight excluding hydrogens is 296 g/mol. The molecule has 4 nitrogen and oxygen atoms in total. The van der Waals surface area contributed by atoms with Crippen molar-refractivity contribution in [3.8, 4) is 0 Å². The van der Waals surface area contributed by atoms with E-state index in [4.69, 9.17) is 11.6 Å². The minimum absolute atomic E-state index is 0.158. The first-order valence-electron chi connectivity index (χ1n) is 5.15. The van der Waals surface area contributed by atoms with Gasteiger partial charge in [-0.2, -0.15) is 0 Å². The van der Waals surface area contributed by atoms with E-state index in [-0.39, 0.29) is 16.8 Å². The maximum absolute atomic E-state index is 11.8. The van der Waals surface area contributed by atoms with E-state index in [1.807, 2.05) is 6.92 Å². The summed E-state index contributed by atoms with van der Waals surface area (Å²) in [6.07, 6.45) is 3.36. The first-order valence-corrected chi connectivity index (χ1v) is 7.89. The second-order valence-electron chi connectivity index (χ2n) is 3.56. The summed E-state index contributed by atoms with van der Waals surface area (Å²) in [7, 11) is 1.24. The van der Waals surface area contributed by atoms with Crippen molar-refractivity contribution in [1.82, 2.24) is 0 Å². The SMILES string of the molecule is CCC1=C([S+](C)[O-])C(C(=O)OC)=CC(=S=O)C1Cl. The summed E-state index contributed by atoms with van der Waals surface area (Å²) in [5.41, 5.74) is 0.796. The highest BCUT2D eigenvalue weighted by Crippen LogP contribution is 2.33. The number of alkyl halides is 1. The fourth-order valence-electron chi connectivity index (χ4n) is 1.75. The first kappa shape index (κ1) is 15.5. The Hall–Kier alpha value is -0.560. The first-order chi connectivity index (χ1) is 8.47. The van der Waals surface area contributed by atoms with Crippen LogP contribution in [0.5, 0.6) is 0 Å². The van der Waals surface area contributed by atoms with Gasteiger partial charge in [0.05, 0.1) is 28.6 Å². The highest BCUT2D eigenvalue weighted by atomic mass is 35.5. The number of rotatable bonds is 3. The number of halogens is 1. The van der Waals surface area contributed by atoms with E-state index in [0.717, 1.165) is 0 Å². The molecule has 100 valence electrons. The van der Waals surface area contributed by atoms with Crippen LogP contribution in [0, 0.1) is 0 Å². The van der Waals surface area contributed by atoms with E-state index >= 15 is 0 Å². The molecule has 0 heterocycles. The van der Waals surface area contributed by atoms with E-state index in [0.29, 0.717) is 21.8 Å². The zero-order chi connectivity index (χ0) is 13.9. The highest BCUT2D eigenvalue weighted by molar-refractivity contribution is 7.94. The molecule has 1 aliphatic carbocycles. The van der Waals surface area contributed by atoms with Gasteiger partial charge in [0.2, 0.25) is 0 Å². The van der Waals surface area contributed by atoms with Gasteiger partial charge in [0.25, 0.3) is 0 Å². The number of ether oxygens (including phenoxy) is 1. The fourth-order valence-corrected chi connectivity index (χ4v) is 3.72. The summed E-state index contributed by atoms with van der Waals surface area (Å²) in [4.78, 5) is 12.4. The second kappa shape index (κ2) is 6.56. The maximum Gasteiger partial charge on any atom is 0.343 e. The number of methoxy groups -OCH3 is 1. The van der Waals surface area contributed by atoms with Crippen LogP contribution in [0.4, 0.5) is 0 Å². The minimum Gasteiger partial charge on any atom is -0.612 e. The van der Waals surface area contributed by atoms with Gasteiger partial charge in [-0.1, -0.05) is 6.92 Å². The van der Waals surface area contributed by atoms with Crippen molar-refractivity contribution in [2.45, 2.75) is 18.7 Å². The van der Waals surface area contributed by atoms with Crippen LogP contribution in [0.25, 0.3) is 0 Å². The predicted octanol–water partition coefficient (Wildman–Crippen LogP) is 1.13. The van der Waals surface area contributed by atoms with Crippen LogP contribution in [0.3, 0.4) is 0 Å². The topological polar surface area (TPSA) is 66.4 Å². The molecule has 0 radical (unpaired) electrons. The third kappa shape index (κ3) is 2.88. The third-order valence-corrected chi connectivity index (χ3v) is 4.78. The van der Waals surface area contributed by atoms with Gasteiger partial charge in [-0.25, -0.2) is 9.00 Å². The van der Waals surface area contributed by atoms with Gasteiger partial charge in [0.15, 0.2) is 4.91 Å². The Kier molecular flexibility index (Phi) is 5.65. The standard InChI is InChI=1S/C11H13ClO4S2/c1-4-6-9(12)8(17-14)5-7(11(13)16-2)10(6)18(3)15/h5,9H,4H2,1-3H3. The quantitative estimate of drug-likeness (QED) is 0.339. The molecule has 0 aliphatic heterocycles. The third-order valence-electron chi connectivity index (χ3n) is 2.55. The number of hydrogen-bond acceptors (Lipinski definition) is 4. The molecule has 0 spiro atoms. The Morgan fingerprint density at radius 3 is 2.67 bits per heavy atom. The summed E-state index contributed by atoms with van der Waals surface area (Å²) in [5.74, 6) is -0.610. The van der Waals surface area contributed by atoms with Crippen LogP contribution in [0.2, 0.25) is 0 Å². The number of esters is 1. The number of allylic oxidation sites excluding steroid dienone is 2. The Morgan fingerprint density at radius 1 is 1.67 bits per heavy atom. The van der Waals surface area contributed by atoms with Gasteiger partial charge in [0.1, 0.15) is 11.8 Å². The average Bonchev–Trinajstić information content (AvgIpc) is 2.36. The van der Waals surface area contributed by atoms with Gasteiger partial charge in [-0.15, -0.1) is 11.6 Å². The molecular formula is C11H13ClO4S2. The Morgan fingerprint density at radius 2 is 2.28 bits per heavy atom. The molecule has 0 aromatic rings. The zero-order valence-corrected chi connectivity index (χ0v) is 12.6. The molecule has 0 aromatic heterocycles. The summed E-state index contributed by atoms with van der Waals surface area (Å²) < 4.78 is 27.4. The molecule has 0 N–H and O–H groups in total. The van der Waals surface area contributed by atoms with Crippen molar-refractivity contribution in [3.63, 3.8) is 0 Å². The van der Waals surface area contributed by atoms with Crippen molar-refractivity contribution >= 4 is 44.9 Å². The molecule has 0 fully saturated rings. The van der Waals surface area contributed by atoms with Gasteiger partial charge in [0, 0.05) is 5.57 Å². The summed E-state index contributed by atoms with van der Waals surface area (Å²) in [6.45, 7) is 1.84. The number of hydrogen-bond donors (Lipinski definition) is 0. The molecule has 0 aromatic carbocycles. The smallest absolute Gasteiger partial charge is 0.343 e.